The van der Waals surface area contributed by atoms with Crippen molar-refractivity contribution in [2.75, 3.05) is 20.3 Å². The monoisotopic (exact) mass is 226 g/mol. The van der Waals surface area contributed by atoms with E-state index in [-0.39, 0.29) is 12.7 Å². The zero-order valence-corrected chi connectivity index (χ0v) is 9.59. The normalized spacial score (nSPS) is 33.2. The van der Waals surface area contributed by atoms with Gasteiger partial charge in [0, 0.05) is 13.7 Å². The van der Waals surface area contributed by atoms with Crippen LogP contribution in [0, 0.1) is 5.92 Å². The summed E-state index contributed by atoms with van der Waals surface area (Å²) in [6, 6.07) is 0. The molecule has 0 N–H and O–H groups in total. The van der Waals surface area contributed by atoms with E-state index in [4.69, 9.17) is 9.26 Å². The van der Waals surface area contributed by atoms with Gasteiger partial charge in [-0.2, -0.15) is 0 Å². The Morgan fingerprint density at radius 2 is 2.38 bits per heavy atom. The van der Waals surface area contributed by atoms with E-state index >= 15 is 0 Å². The Morgan fingerprint density at radius 1 is 1.69 bits per heavy atom. The van der Waals surface area contributed by atoms with Crippen LogP contribution >= 0.6 is 19.0 Å². The van der Waals surface area contributed by atoms with Crippen LogP contribution in [0.15, 0.2) is 0 Å². The molecule has 6 heteroatoms. The molecule has 4 nitrogen and oxygen atoms in total. The van der Waals surface area contributed by atoms with E-state index in [2.05, 4.69) is 23.7 Å². The summed E-state index contributed by atoms with van der Waals surface area (Å²) in [4.78, 5) is 0. The first kappa shape index (κ1) is 11.5. The van der Waals surface area contributed by atoms with Crippen LogP contribution in [0.2, 0.25) is 0 Å². The maximum atomic E-state index is 11.2. The Hall–Kier alpha value is 0.460. The van der Waals surface area contributed by atoms with Gasteiger partial charge >= 0.3 is 6.80 Å². The molecule has 1 rings (SSSR count). The Labute approximate surface area is 83.6 Å². The summed E-state index contributed by atoms with van der Waals surface area (Å²) in [5.74, 6) is 0.449. The molecule has 0 aromatic rings. The van der Waals surface area contributed by atoms with Crippen molar-refractivity contribution in [2.45, 2.75) is 19.4 Å². The molecule has 0 spiro atoms. The van der Waals surface area contributed by atoms with Gasteiger partial charge in [-0.15, -0.1) is 0 Å². The summed E-state index contributed by atoms with van der Waals surface area (Å²) in [5.41, 5.74) is 0. The molecule has 0 saturated carbocycles. The third-order valence-corrected chi connectivity index (χ3v) is 3.95. The average Bonchev–Trinajstić information content (AvgIpc) is 2.48. The van der Waals surface area contributed by atoms with Crippen LogP contribution in [-0.4, -0.2) is 26.4 Å². The summed E-state index contributed by atoms with van der Waals surface area (Å²) < 4.78 is 26.2. The summed E-state index contributed by atoms with van der Waals surface area (Å²) in [7, 11) is 1.31. The molecule has 0 aromatic carbocycles. The fourth-order valence-electron chi connectivity index (χ4n) is 1.19. The molecule has 1 aliphatic heterocycles. The molecule has 1 fully saturated rings. The van der Waals surface area contributed by atoms with Crippen molar-refractivity contribution in [1.82, 2.24) is 0 Å². The largest absolute Gasteiger partial charge is 0.385 e. The lowest BCUT2D eigenvalue weighted by atomic mass is 10.1. The van der Waals surface area contributed by atoms with Crippen LogP contribution in [0.25, 0.3) is 0 Å². The van der Waals surface area contributed by atoms with E-state index < -0.39 is 6.80 Å². The zero-order valence-electron chi connectivity index (χ0n) is 7.80. The van der Waals surface area contributed by atoms with Crippen LogP contribution in [-0.2, 0) is 18.3 Å². The highest BCUT2D eigenvalue weighted by Crippen LogP contribution is 2.52. The van der Waals surface area contributed by atoms with Crippen molar-refractivity contribution in [3.8, 4) is 0 Å². The van der Waals surface area contributed by atoms with Crippen LogP contribution < -0.4 is 0 Å². The first-order valence-electron chi connectivity index (χ1n) is 4.20. The fourth-order valence-corrected chi connectivity index (χ4v) is 1.83. The molecule has 1 heterocycles. The van der Waals surface area contributed by atoms with Crippen molar-refractivity contribution in [3.05, 3.63) is 0 Å². The lowest BCUT2D eigenvalue weighted by molar-refractivity contribution is 0.0485. The molecule has 0 amide bonds. The molecule has 3 atom stereocenters. The Morgan fingerprint density at radius 3 is 2.85 bits per heavy atom. The van der Waals surface area contributed by atoms with E-state index in [9.17, 15) is 4.57 Å². The molecule has 0 aliphatic carbocycles. The molecule has 3 unspecified atom stereocenters. The maximum absolute atomic E-state index is 11.2. The Balaban J connectivity index is 2.30. The SMILES string of the molecule is COP(=O)(S)OCC1OCCC1C. The van der Waals surface area contributed by atoms with Gasteiger partial charge in [0.1, 0.15) is 0 Å². The van der Waals surface area contributed by atoms with Gasteiger partial charge in [0.15, 0.2) is 0 Å². The van der Waals surface area contributed by atoms with Gasteiger partial charge in [0.2, 0.25) is 0 Å². The Kier molecular flexibility index (Phi) is 4.26. The predicted octanol–water partition coefficient (Wildman–Crippen LogP) is 2.11. The quantitative estimate of drug-likeness (QED) is 0.589. The van der Waals surface area contributed by atoms with Crippen molar-refractivity contribution < 1.29 is 18.3 Å². The molecule has 0 bridgehead atoms. The van der Waals surface area contributed by atoms with E-state index in [1.165, 1.54) is 7.11 Å². The average molecular weight is 226 g/mol. The first-order chi connectivity index (χ1) is 6.05. The second-order valence-electron chi connectivity index (χ2n) is 3.12. The number of hydrogen-bond donors (Lipinski definition) is 1. The van der Waals surface area contributed by atoms with Crippen LogP contribution in [0.4, 0.5) is 0 Å². The van der Waals surface area contributed by atoms with Crippen LogP contribution in [0.5, 0.6) is 0 Å². The molecular formula is C7H15O4PS. The third-order valence-electron chi connectivity index (χ3n) is 2.17. The molecule has 1 aliphatic rings. The minimum atomic E-state index is -3.14. The molecule has 78 valence electrons. The molecule has 0 aromatic heterocycles. The molecule has 13 heavy (non-hydrogen) atoms. The van der Waals surface area contributed by atoms with Gasteiger partial charge in [-0.25, -0.2) is 4.57 Å². The zero-order chi connectivity index (χ0) is 9.90. The van der Waals surface area contributed by atoms with Crippen LogP contribution in [0.1, 0.15) is 13.3 Å². The highest BCUT2D eigenvalue weighted by atomic mass is 32.7. The Bertz CT molecular complexity index is 211. The summed E-state index contributed by atoms with van der Waals surface area (Å²) in [6.45, 7) is -0.0208. The highest BCUT2D eigenvalue weighted by molar-refractivity contribution is 8.44. The second-order valence-corrected chi connectivity index (χ2v) is 6.15. The van der Waals surface area contributed by atoms with Crippen molar-refractivity contribution in [3.63, 3.8) is 0 Å². The van der Waals surface area contributed by atoms with E-state index in [0.717, 1.165) is 13.0 Å². The van der Waals surface area contributed by atoms with Gasteiger partial charge in [0.25, 0.3) is 0 Å². The number of hydrogen-bond acceptors (Lipinski definition) is 4. The smallest absolute Gasteiger partial charge is 0.376 e. The van der Waals surface area contributed by atoms with Gasteiger partial charge < -0.3 is 9.26 Å². The molecule has 0 radical (unpaired) electrons. The van der Waals surface area contributed by atoms with Crippen molar-refractivity contribution >= 4 is 19.0 Å². The number of thiol groups is 1. The second kappa shape index (κ2) is 4.80. The van der Waals surface area contributed by atoms with E-state index in [1.807, 2.05) is 0 Å². The van der Waals surface area contributed by atoms with Gasteiger partial charge in [-0.1, -0.05) is 19.2 Å². The first-order valence-corrected chi connectivity index (χ1v) is 6.89. The summed E-state index contributed by atoms with van der Waals surface area (Å²) in [5, 5.41) is 0. The lowest BCUT2D eigenvalue weighted by Gasteiger charge is -2.16. The maximum Gasteiger partial charge on any atom is 0.385 e. The standard InChI is InChI=1S/C7H15O4PS/c1-6-3-4-10-7(6)5-11-12(8,13)9-2/h6-7H,3-5H2,1-2H3,(H,8,13). The summed E-state index contributed by atoms with van der Waals surface area (Å²) >= 11 is 3.74. The van der Waals surface area contributed by atoms with Gasteiger partial charge in [-0.05, 0) is 12.3 Å². The molecule has 1 saturated heterocycles. The van der Waals surface area contributed by atoms with Crippen LogP contribution in [0.3, 0.4) is 0 Å². The number of ether oxygens (including phenoxy) is 1. The minimum Gasteiger partial charge on any atom is -0.376 e. The van der Waals surface area contributed by atoms with E-state index in [0.29, 0.717) is 5.92 Å². The van der Waals surface area contributed by atoms with Crippen molar-refractivity contribution in [1.29, 1.82) is 0 Å². The summed E-state index contributed by atoms with van der Waals surface area (Å²) in [6.07, 6.45) is 1.05. The number of rotatable bonds is 4. The van der Waals surface area contributed by atoms with Crippen molar-refractivity contribution in [2.24, 2.45) is 5.92 Å². The highest BCUT2D eigenvalue weighted by Gasteiger charge is 2.27. The van der Waals surface area contributed by atoms with E-state index in [1.54, 1.807) is 0 Å². The van der Waals surface area contributed by atoms with Gasteiger partial charge in [-0.3, -0.25) is 4.52 Å². The van der Waals surface area contributed by atoms with Gasteiger partial charge in [0.05, 0.1) is 12.7 Å². The third kappa shape index (κ3) is 3.60. The fraction of sp³-hybridized carbons (Fsp3) is 1.00. The predicted molar refractivity (Wildman–Crippen MR) is 53.1 cm³/mol. The topological polar surface area (TPSA) is 44.8 Å². The lowest BCUT2D eigenvalue weighted by Crippen LogP contribution is -2.19. The molecular weight excluding hydrogens is 211 g/mol. The minimum absolute atomic E-state index is 0.0237.